The Balaban J connectivity index is 0.00000576. The molecule has 0 fully saturated rings. The molecule has 3 heteroatoms. The van der Waals surface area contributed by atoms with Crippen LogP contribution in [0.5, 0.6) is 0 Å². The number of aryl methyl sites for hydroxylation is 2. The van der Waals surface area contributed by atoms with Crippen LogP contribution in [-0.4, -0.2) is 4.43 Å². The maximum atomic E-state index is 2.49. The monoisotopic (exact) mass is 571 g/mol. The first kappa shape index (κ1) is 25.6. The lowest BCUT2D eigenvalue weighted by Gasteiger charge is -2.03. The number of aromatic nitrogens is 1. The van der Waals surface area contributed by atoms with E-state index in [1.54, 1.807) is 0 Å². The predicted octanol–water partition coefficient (Wildman–Crippen LogP) is 4.05. The highest BCUT2D eigenvalue weighted by molar-refractivity contribution is 14.1. The second-order valence-electron chi connectivity index (χ2n) is 7.13. The van der Waals surface area contributed by atoms with Crippen molar-refractivity contribution in [3.63, 3.8) is 0 Å². The second-order valence-corrected chi connectivity index (χ2v) is 8.21. The molecule has 1 aromatic heterocycles. The Labute approximate surface area is 187 Å². The molecule has 1 rings (SSSR count). The van der Waals surface area contributed by atoms with Crippen LogP contribution in [0.4, 0.5) is 0 Å². The molecular weight excluding hydrogens is 532 g/mol. The second kappa shape index (κ2) is 19.4. The van der Waals surface area contributed by atoms with E-state index in [2.05, 4.69) is 58.6 Å². The van der Waals surface area contributed by atoms with E-state index in [1.807, 2.05) is 0 Å². The average Bonchev–Trinajstić information content (AvgIpc) is 2.61. The van der Waals surface area contributed by atoms with Gasteiger partial charge in [0.1, 0.15) is 6.54 Å². The SMILES string of the molecule is CCCC[n+]1cccc(CCCCCCCCCCCCCI)c1.[I-]. The summed E-state index contributed by atoms with van der Waals surface area (Å²) in [5, 5.41) is 0. The Hall–Kier alpha value is 0.610. The first-order valence-corrected chi connectivity index (χ1v) is 11.9. The lowest BCUT2D eigenvalue weighted by Crippen LogP contribution is -3.00. The number of hydrogen-bond donors (Lipinski definition) is 0. The number of unbranched alkanes of at least 4 members (excludes halogenated alkanes) is 11. The number of halogens is 2. The van der Waals surface area contributed by atoms with E-state index < -0.39 is 0 Å². The highest BCUT2D eigenvalue weighted by Gasteiger charge is 2.02. The molecule has 0 amide bonds. The van der Waals surface area contributed by atoms with Crippen molar-refractivity contribution in [2.45, 2.75) is 103 Å². The molecule has 0 aliphatic heterocycles. The van der Waals surface area contributed by atoms with Gasteiger partial charge in [-0.1, -0.05) is 93.7 Å². The van der Waals surface area contributed by atoms with Crippen LogP contribution < -0.4 is 28.5 Å². The summed E-state index contributed by atoms with van der Waals surface area (Å²) in [7, 11) is 0. The van der Waals surface area contributed by atoms with Gasteiger partial charge in [-0.3, -0.25) is 0 Å². The lowest BCUT2D eigenvalue weighted by molar-refractivity contribution is -0.697. The molecule has 0 radical (unpaired) electrons. The van der Waals surface area contributed by atoms with Gasteiger partial charge in [0.15, 0.2) is 12.4 Å². The summed E-state index contributed by atoms with van der Waals surface area (Å²) in [6.07, 6.45) is 24.2. The number of hydrogen-bond acceptors (Lipinski definition) is 0. The molecular formula is C22H39I2N. The third-order valence-electron chi connectivity index (χ3n) is 4.79. The first-order valence-electron chi connectivity index (χ1n) is 10.4. The van der Waals surface area contributed by atoms with Crippen LogP contribution in [0.3, 0.4) is 0 Å². The molecule has 25 heavy (non-hydrogen) atoms. The fourth-order valence-electron chi connectivity index (χ4n) is 3.22. The Morgan fingerprint density at radius 3 is 1.92 bits per heavy atom. The van der Waals surface area contributed by atoms with Gasteiger partial charge < -0.3 is 24.0 Å². The fourth-order valence-corrected chi connectivity index (χ4v) is 3.76. The van der Waals surface area contributed by atoms with Gasteiger partial charge in [0.2, 0.25) is 0 Å². The van der Waals surface area contributed by atoms with Crippen LogP contribution in [0.15, 0.2) is 24.5 Å². The molecule has 0 unspecified atom stereocenters. The van der Waals surface area contributed by atoms with E-state index in [-0.39, 0.29) is 24.0 Å². The van der Waals surface area contributed by atoms with E-state index in [0.29, 0.717) is 0 Å². The van der Waals surface area contributed by atoms with Gasteiger partial charge in [-0.15, -0.1) is 0 Å². The highest BCUT2D eigenvalue weighted by atomic mass is 127. The van der Waals surface area contributed by atoms with Crippen LogP contribution in [0.1, 0.15) is 96.0 Å². The summed E-state index contributed by atoms with van der Waals surface area (Å²) in [5.74, 6) is 0. The Kier molecular flexibility index (Phi) is 19.8. The zero-order valence-electron chi connectivity index (χ0n) is 16.3. The standard InChI is InChI=1S/C22H39IN.HI/c1-2-3-19-24-20-15-17-22(21-24)16-13-11-9-7-5-4-6-8-10-12-14-18-23;/h15,17,20-21H,2-14,16,18-19H2,1H3;1H/q+1;/p-1. The van der Waals surface area contributed by atoms with Crippen molar-refractivity contribution in [1.82, 2.24) is 0 Å². The zero-order chi connectivity index (χ0) is 17.3. The Morgan fingerprint density at radius 2 is 1.36 bits per heavy atom. The molecule has 0 spiro atoms. The number of alkyl halides is 1. The summed E-state index contributed by atoms with van der Waals surface area (Å²) < 4.78 is 3.69. The van der Waals surface area contributed by atoms with Gasteiger partial charge in [0.25, 0.3) is 0 Å². The van der Waals surface area contributed by atoms with Crippen molar-refractivity contribution >= 4 is 22.6 Å². The molecule has 0 aromatic carbocycles. The molecule has 1 nitrogen and oxygen atoms in total. The smallest absolute Gasteiger partial charge is 0.171 e. The maximum Gasteiger partial charge on any atom is 0.171 e. The van der Waals surface area contributed by atoms with Gasteiger partial charge in [-0.05, 0) is 29.8 Å². The Bertz CT molecular complexity index is 395. The van der Waals surface area contributed by atoms with E-state index in [0.717, 1.165) is 0 Å². The van der Waals surface area contributed by atoms with Gasteiger partial charge in [-0.25, -0.2) is 4.57 Å². The summed E-state index contributed by atoms with van der Waals surface area (Å²) in [4.78, 5) is 0. The lowest BCUT2D eigenvalue weighted by atomic mass is 10.0. The summed E-state index contributed by atoms with van der Waals surface area (Å²) in [6.45, 7) is 3.43. The third kappa shape index (κ3) is 15.4. The van der Waals surface area contributed by atoms with Gasteiger partial charge >= 0.3 is 0 Å². The topological polar surface area (TPSA) is 3.88 Å². The van der Waals surface area contributed by atoms with E-state index in [9.17, 15) is 0 Å². The number of rotatable bonds is 16. The zero-order valence-corrected chi connectivity index (χ0v) is 20.6. The average molecular weight is 571 g/mol. The van der Waals surface area contributed by atoms with Crippen LogP contribution in [0, 0.1) is 0 Å². The van der Waals surface area contributed by atoms with Crippen molar-refractivity contribution in [2.24, 2.45) is 0 Å². The normalized spacial score (nSPS) is 10.6. The van der Waals surface area contributed by atoms with Crippen LogP contribution in [0.25, 0.3) is 0 Å². The van der Waals surface area contributed by atoms with Crippen molar-refractivity contribution in [3.05, 3.63) is 30.1 Å². The molecule has 0 atom stereocenters. The molecule has 1 heterocycles. The number of nitrogens with zero attached hydrogens (tertiary/aromatic N) is 1. The van der Waals surface area contributed by atoms with Crippen molar-refractivity contribution in [1.29, 1.82) is 0 Å². The fraction of sp³-hybridized carbons (Fsp3) is 0.773. The minimum absolute atomic E-state index is 0. The van der Waals surface area contributed by atoms with Gasteiger partial charge in [0.05, 0.1) is 0 Å². The van der Waals surface area contributed by atoms with E-state index in [1.165, 1.54) is 106 Å². The third-order valence-corrected chi connectivity index (χ3v) is 5.55. The quantitative estimate of drug-likeness (QED) is 0.122. The molecule has 0 aliphatic rings. The largest absolute Gasteiger partial charge is 1.00 e. The molecule has 0 N–H and O–H groups in total. The highest BCUT2D eigenvalue weighted by Crippen LogP contribution is 2.12. The minimum atomic E-state index is 0. The van der Waals surface area contributed by atoms with E-state index in [4.69, 9.17) is 0 Å². The molecule has 0 saturated heterocycles. The van der Waals surface area contributed by atoms with Crippen LogP contribution in [0.2, 0.25) is 0 Å². The predicted molar refractivity (Wildman–Crippen MR) is 115 cm³/mol. The van der Waals surface area contributed by atoms with Crippen molar-refractivity contribution in [2.75, 3.05) is 4.43 Å². The molecule has 0 bridgehead atoms. The molecule has 0 saturated carbocycles. The van der Waals surface area contributed by atoms with Crippen molar-refractivity contribution in [3.8, 4) is 0 Å². The van der Waals surface area contributed by atoms with Gasteiger partial charge in [0, 0.05) is 18.1 Å². The maximum absolute atomic E-state index is 2.49. The Morgan fingerprint density at radius 1 is 0.800 bits per heavy atom. The summed E-state index contributed by atoms with van der Waals surface area (Å²) >= 11 is 2.49. The first-order chi connectivity index (χ1) is 11.9. The molecule has 0 aliphatic carbocycles. The minimum Gasteiger partial charge on any atom is -1.00 e. The van der Waals surface area contributed by atoms with E-state index >= 15 is 0 Å². The molecule has 1 aromatic rings. The van der Waals surface area contributed by atoms with Gasteiger partial charge in [-0.2, -0.15) is 0 Å². The molecule has 146 valence electrons. The summed E-state index contributed by atoms with van der Waals surface area (Å²) in [6, 6.07) is 4.51. The van der Waals surface area contributed by atoms with Crippen LogP contribution in [-0.2, 0) is 13.0 Å². The number of pyridine rings is 1. The summed E-state index contributed by atoms with van der Waals surface area (Å²) in [5.41, 5.74) is 1.51. The van der Waals surface area contributed by atoms with Crippen molar-refractivity contribution < 1.29 is 28.5 Å². The van der Waals surface area contributed by atoms with Crippen LogP contribution >= 0.6 is 22.6 Å².